The number of nitrogens with zero attached hydrogens (tertiary/aromatic N) is 1. The van der Waals surface area contributed by atoms with E-state index in [1.165, 1.54) is 0 Å². The quantitative estimate of drug-likeness (QED) is 0.796. The Bertz CT molecular complexity index is 650. The van der Waals surface area contributed by atoms with Gasteiger partial charge in [0.15, 0.2) is 0 Å². The number of nitrogens with one attached hydrogen (secondary N) is 1. The van der Waals surface area contributed by atoms with E-state index in [9.17, 15) is 4.79 Å². The SMILES string of the molecule is O=C1Nc2ccc(Cl)cc2/C1=C\c1cccnc1. The fourth-order valence-corrected chi connectivity index (χ4v) is 2.10. The van der Waals surface area contributed by atoms with Gasteiger partial charge in [-0.25, -0.2) is 0 Å². The van der Waals surface area contributed by atoms with Crippen molar-refractivity contribution in [2.75, 3.05) is 5.32 Å². The van der Waals surface area contributed by atoms with E-state index in [0.717, 1.165) is 16.8 Å². The normalized spacial score (nSPS) is 15.6. The van der Waals surface area contributed by atoms with E-state index in [2.05, 4.69) is 10.3 Å². The average molecular weight is 257 g/mol. The van der Waals surface area contributed by atoms with Gasteiger partial charge in [0.05, 0.1) is 0 Å². The minimum Gasteiger partial charge on any atom is -0.321 e. The molecule has 0 bridgehead atoms. The standard InChI is InChI=1S/C14H9ClN2O/c15-10-3-4-13-11(7-10)12(14(18)17-13)6-9-2-1-5-16-8-9/h1-8H,(H,17,18)/b12-6+. The van der Waals surface area contributed by atoms with Crippen LogP contribution in [0.25, 0.3) is 11.6 Å². The zero-order chi connectivity index (χ0) is 12.5. The molecule has 2 heterocycles. The molecule has 0 aliphatic carbocycles. The number of anilines is 1. The summed E-state index contributed by atoms with van der Waals surface area (Å²) in [6.07, 6.45) is 5.22. The van der Waals surface area contributed by atoms with E-state index >= 15 is 0 Å². The summed E-state index contributed by atoms with van der Waals surface area (Å²) in [5.41, 5.74) is 3.12. The van der Waals surface area contributed by atoms with Crippen LogP contribution in [0.1, 0.15) is 11.1 Å². The molecule has 0 saturated heterocycles. The molecule has 1 aliphatic rings. The number of carbonyl (C=O) groups excluding carboxylic acids is 1. The number of pyridine rings is 1. The van der Waals surface area contributed by atoms with E-state index in [1.54, 1.807) is 30.6 Å². The van der Waals surface area contributed by atoms with Crippen molar-refractivity contribution in [2.24, 2.45) is 0 Å². The number of amides is 1. The van der Waals surface area contributed by atoms with Crippen molar-refractivity contribution in [3.8, 4) is 0 Å². The predicted octanol–water partition coefficient (Wildman–Crippen LogP) is 3.23. The van der Waals surface area contributed by atoms with E-state index < -0.39 is 0 Å². The Kier molecular flexibility index (Phi) is 2.61. The molecule has 1 aromatic heterocycles. The summed E-state index contributed by atoms with van der Waals surface area (Å²) in [6.45, 7) is 0. The summed E-state index contributed by atoms with van der Waals surface area (Å²) in [7, 11) is 0. The van der Waals surface area contributed by atoms with Gasteiger partial charge >= 0.3 is 0 Å². The lowest BCUT2D eigenvalue weighted by Crippen LogP contribution is -2.03. The molecular weight excluding hydrogens is 248 g/mol. The van der Waals surface area contributed by atoms with Crippen LogP contribution in [0.5, 0.6) is 0 Å². The molecule has 0 atom stereocenters. The maximum absolute atomic E-state index is 11.9. The number of hydrogen-bond acceptors (Lipinski definition) is 2. The van der Waals surface area contributed by atoms with Crippen molar-refractivity contribution in [1.29, 1.82) is 0 Å². The first-order valence-corrected chi connectivity index (χ1v) is 5.85. The Morgan fingerprint density at radius 1 is 1.28 bits per heavy atom. The molecular formula is C14H9ClN2O. The maximum atomic E-state index is 11.9. The van der Waals surface area contributed by atoms with Gasteiger partial charge in [0.25, 0.3) is 5.91 Å². The van der Waals surface area contributed by atoms with Crippen LogP contribution < -0.4 is 5.32 Å². The van der Waals surface area contributed by atoms with Crippen molar-refractivity contribution < 1.29 is 4.79 Å². The van der Waals surface area contributed by atoms with Crippen molar-refractivity contribution >= 4 is 34.8 Å². The number of hydrogen-bond donors (Lipinski definition) is 1. The minimum atomic E-state index is -0.115. The smallest absolute Gasteiger partial charge is 0.256 e. The van der Waals surface area contributed by atoms with Gasteiger partial charge in [-0.1, -0.05) is 17.7 Å². The lowest BCUT2D eigenvalue weighted by molar-refractivity contribution is -0.110. The van der Waals surface area contributed by atoms with Crippen molar-refractivity contribution in [1.82, 2.24) is 4.98 Å². The van der Waals surface area contributed by atoms with Gasteiger partial charge < -0.3 is 5.32 Å². The third kappa shape index (κ3) is 1.89. The minimum absolute atomic E-state index is 0.115. The van der Waals surface area contributed by atoms with Crippen LogP contribution in [0.3, 0.4) is 0 Å². The van der Waals surface area contributed by atoms with Crippen molar-refractivity contribution in [3.63, 3.8) is 0 Å². The second-order valence-electron chi connectivity index (χ2n) is 3.99. The third-order valence-electron chi connectivity index (χ3n) is 2.76. The largest absolute Gasteiger partial charge is 0.321 e. The maximum Gasteiger partial charge on any atom is 0.256 e. The van der Waals surface area contributed by atoms with E-state index in [1.807, 2.05) is 18.2 Å². The molecule has 1 aliphatic heterocycles. The molecule has 1 N–H and O–H groups in total. The third-order valence-corrected chi connectivity index (χ3v) is 3.00. The van der Waals surface area contributed by atoms with Crippen LogP contribution in [0.2, 0.25) is 5.02 Å². The summed E-state index contributed by atoms with van der Waals surface area (Å²) in [5, 5.41) is 3.42. The molecule has 0 unspecified atom stereocenters. The summed E-state index contributed by atoms with van der Waals surface area (Å²) in [5.74, 6) is -0.115. The van der Waals surface area contributed by atoms with Crippen molar-refractivity contribution in [2.45, 2.75) is 0 Å². The molecule has 0 fully saturated rings. The van der Waals surface area contributed by atoms with Gasteiger partial charge in [0.2, 0.25) is 0 Å². The second kappa shape index (κ2) is 4.27. The summed E-state index contributed by atoms with van der Waals surface area (Å²) in [4.78, 5) is 15.9. The average Bonchev–Trinajstić information content (AvgIpc) is 2.67. The number of halogens is 1. The zero-order valence-electron chi connectivity index (χ0n) is 9.35. The Balaban J connectivity index is 2.12. The summed E-state index contributed by atoms with van der Waals surface area (Å²) < 4.78 is 0. The molecule has 4 heteroatoms. The number of carbonyl (C=O) groups is 1. The number of benzene rings is 1. The van der Waals surface area contributed by atoms with E-state index in [0.29, 0.717) is 10.6 Å². The molecule has 88 valence electrons. The first kappa shape index (κ1) is 11.0. The highest BCUT2D eigenvalue weighted by Gasteiger charge is 2.23. The Hall–Kier alpha value is -2.13. The monoisotopic (exact) mass is 256 g/mol. The van der Waals surface area contributed by atoms with Gasteiger partial charge in [0, 0.05) is 34.2 Å². The van der Waals surface area contributed by atoms with Crippen LogP contribution >= 0.6 is 11.6 Å². The van der Waals surface area contributed by atoms with Crippen LogP contribution in [0, 0.1) is 0 Å². The number of rotatable bonds is 1. The highest BCUT2D eigenvalue weighted by molar-refractivity contribution is 6.36. The Morgan fingerprint density at radius 2 is 2.17 bits per heavy atom. The van der Waals surface area contributed by atoms with Gasteiger partial charge in [-0.15, -0.1) is 0 Å². The number of fused-ring (bicyclic) bond motifs is 1. The molecule has 3 rings (SSSR count). The van der Waals surface area contributed by atoms with Gasteiger partial charge in [0.1, 0.15) is 0 Å². The fourth-order valence-electron chi connectivity index (χ4n) is 1.93. The molecule has 0 spiro atoms. The lowest BCUT2D eigenvalue weighted by Gasteiger charge is -1.99. The highest BCUT2D eigenvalue weighted by Crippen LogP contribution is 2.34. The van der Waals surface area contributed by atoms with Gasteiger partial charge in [-0.3, -0.25) is 9.78 Å². The zero-order valence-corrected chi connectivity index (χ0v) is 10.1. The molecule has 3 nitrogen and oxygen atoms in total. The molecule has 0 radical (unpaired) electrons. The van der Waals surface area contributed by atoms with E-state index in [-0.39, 0.29) is 5.91 Å². The molecule has 1 aromatic carbocycles. The summed E-state index contributed by atoms with van der Waals surface area (Å²) >= 11 is 5.96. The first-order chi connectivity index (χ1) is 8.74. The highest BCUT2D eigenvalue weighted by atomic mass is 35.5. The summed E-state index contributed by atoms with van der Waals surface area (Å²) in [6, 6.07) is 9.08. The predicted molar refractivity (Wildman–Crippen MR) is 72.2 cm³/mol. The Morgan fingerprint density at radius 3 is 2.94 bits per heavy atom. The topological polar surface area (TPSA) is 42.0 Å². The van der Waals surface area contributed by atoms with Crippen LogP contribution in [-0.4, -0.2) is 10.9 Å². The Labute approximate surface area is 109 Å². The van der Waals surface area contributed by atoms with Crippen LogP contribution in [-0.2, 0) is 4.79 Å². The van der Waals surface area contributed by atoms with E-state index in [4.69, 9.17) is 11.6 Å². The van der Waals surface area contributed by atoms with Crippen LogP contribution in [0.4, 0.5) is 5.69 Å². The number of aromatic nitrogens is 1. The molecule has 0 saturated carbocycles. The lowest BCUT2D eigenvalue weighted by atomic mass is 10.0. The fraction of sp³-hybridized carbons (Fsp3) is 0. The molecule has 18 heavy (non-hydrogen) atoms. The van der Waals surface area contributed by atoms with Gasteiger partial charge in [-0.2, -0.15) is 0 Å². The second-order valence-corrected chi connectivity index (χ2v) is 4.42. The van der Waals surface area contributed by atoms with Crippen LogP contribution in [0.15, 0.2) is 42.7 Å². The molecule has 2 aromatic rings. The molecule has 1 amide bonds. The van der Waals surface area contributed by atoms with Crippen molar-refractivity contribution in [3.05, 3.63) is 58.9 Å². The first-order valence-electron chi connectivity index (χ1n) is 5.47. The van der Waals surface area contributed by atoms with Gasteiger partial charge in [-0.05, 0) is 35.9 Å².